The molecule has 6 heteroatoms. The van der Waals surface area contributed by atoms with E-state index in [0.717, 1.165) is 56.0 Å². The summed E-state index contributed by atoms with van der Waals surface area (Å²) in [6.07, 6.45) is 8.98. The summed E-state index contributed by atoms with van der Waals surface area (Å²) >= 11 is 0. The second kappa shape index (κ2) is 13.4. The Morgan fingerprint density at radius 3 is 2.68 bits per heavy atom. The first-order chi connectivity index (χ1) is 16.5. The number of amides is 1. The quantitative estimate of drug-likeness (QED) is 0.354. The summed E-state index contributed by atoms with van der Waals surface area (Å²) in [6.45, 7) is 13.6. The summed E-state index contributed by atoms with van der Waals surface area (Å²) in [5.74, 6) is 1.94. The number of carbonyl (C=O) groups is 1. The Kier molecular flexibility index (Phi) is 10.2. The fourth-order valence-corrected chi connectivity index (χ4v) is 4.31. The number of hydrogen-bond acceptors (Lipinski definition) is 5. The van der Waals surface area contributed by atoms with Crippen LogP contribution >= 0.6 is 0 Å². The van der Waals surface area contributed by atoms with Crippen LogP contribution in [0.3, 0.4) is 0 Å². The van der Waals surface area contributed by atoms with Crippen LogP contribution in [0, 0.1) is 5.92 Å². The molecule has 1 amide bonds. The molecule has 0 aromatic heterocycles. The molecular weight excluding hydrogens is 428 g/mol. The van der Waals surface area contributed by atoms with E-state index in [-0.39, 0.29) is 17.9 Å². The van der Waals surface area contributed by atoms with Crippen molar-refractivity contribution in [1.29, 1.82) is 0 Å². The molecule has 34 heavy (non-hydrogen) atoms. The van der Waals surface area contributed by atoms with Crippen LogP contribution in [0.1, 0.15) is 33.1 Å². The number of ether oxygens (including phenoxy) is 3. The van der Waals surface area contributed by atoms with Crippen molar-refractivity contribution >= 4 is 5.91 Å². The van der Waals surface area contributed by atoms with E-state index in [4.69, 9.17) is 14.2 Å². The van der Waals surface area contributed by atoms with Crippen molar-refractivity contribution in [1.82, 2.24) is 9.80 Å². The molecule has 1 aromatic carbocycles. The average Bonchev–Trinajstić information content (AvgIpc) is 2.88. The SMILES string of the molecule is C=C(C=CC(=CC)CCN1CCC(C(=O)N(C)CCOCC)CC1)C1COc2ccccc2O1. The van der Waals surface area contributed by atoms with Crippen molar-refractivity contribution in [3.05, 3.63) is 60.2 Å². The monoisotopic (exact) mass is 468 g/mol. The fourth-order valence-electron chi connectivity index (χ4n) is 4.31. The standard InChI is InChI=1S/C28H40N2O4/c1-5-23(12-11-22(3)27-21-33-25-9-7-8-10-26(25)34-27)13-16-30-17-14-24(15-18-30)28(31)29(4)19-20-32-6-2/h5,7-12,24,27H,3,6,13-21H2,1-2,4H3. The first-order valence-electron chi connectivity index (χ1n) is 12.5. The number of likely N-dealkylation sites (N-methyl/N-ethyl adjacent to an activating group) is 1. The largest absolute Gasteiger partial charge is 0.485 e. The Balaban J connectivity index is 1.39. The molecule has 2 aliphatic heterocycles. The molecule has 186 valence electrons. The van der Waals surface area contributed by atoms with E-state index in [0.29, 0.717) is 26.4 Å². The van der Waals surface area contributed by atoms with Gasteiger partial charge < -0.3 is 24.0 Å². The summed E-state index contributed by atoms with van der Waals surface area (Å²) in [7, 11) is 1.88. The number of piperidine rings is 1. The number of fused-ring (bicyclic) bond motifs is 1. The minimum absolute atomic E-state index is 0.134. The third-order valence-electron chi connectivity index (χ3n) is 6.61. The van der Waals surface area contributed by atoms with Gasteiger partial charge in [0.1, 0.15) is 6.61 Å². The van der Waals surface area contributed by atoms with Gasteiger partial charge in [-0.1, -0.05) is 42.5 Å². The molecule has 2 heterocycles. The van der Waals surface area contributed by atoms with Gasteiger partial charge in [0.05, 0.1) is 6.61 Å². The van der Waals surface area contributed by atoms with E-state index in [9.17, 15) is 4.79 Å². The van der Waals surface area contributed by atoms with Crippen LogP contribution in [0.25, 0.3) is 0 Å². The molecule has 0 bridgehead atoms. The molecular formula is C28H40N2O4. The molecule has 0 radical (unpaired) electrons. The highest BCUT2D eigenvalue weighted by molar-refractivity contribution is 5.78. The van der Waals surface area contributed by atoms with Crippen LogP contribution in [0.5, 0.6) is 11.5 Å². The average molecular weight is 469 g/mol. The lowest BCUT2D eigenvalue weighted by atomic mass is 9.95. The number of likely N-dealkylation sites (tertiary alicyclic amines) is 1. The van der Waals surface area contributed by atoms with Gasteiger partial charge in [-0.15, -0.1) is 0 Å². The van der Waals surface area contributed by atoms with Crippen molar-refractivity contribution in [3.8, 4) is 11.5 Å². The summed E-state index contributed by atoms with van der Waals surface area (Å²) in [4.78, 5) is 17.0. The molecule has 0 N–H and O–H groups in total. The van der Waals surface area contributed by atoms with Gasteiger partial charge in [0.25, 0.3) is 0 Å². The number of allylic oxidation sites excluding steroid dienone is 2. The molecule has 1 aromatic rings. The summed E-state index contributed by atoms with van der Waals surface area (Å²) < 4.78 is 17.2. The van der Waals surface area contributed by atoms with E-state index in [1.54, 1.807) is 0 Å². The molecule has 6 nitrogen and oxygen atoms in total. The number of carbonyl (C=O) groups excluding carboxylic acids is 1. The Hall–Kier alpha value is -2.57. The lowest BCUT2D eigenvalue weighted by Crippen LogP contribution is -2.42. The molecule has 1 saturated heterocycles. The van der Waals surface area contributed by atoms with Crippen molar-refractivity contribution in [2.45, 2.75) is 39.2 Å². The first-order valence-corrected chi connectivity index (χ1v) is 12.5. The van der Waals surface area contributed by atoms with Crippen LogP contribution < -0.4 is 9.47 Å². The maximum atomic E-state index is 12.7. The lowest BCUT2D eigenvalue weighted by Gasteiger charge is -2.33. The molecule has 0 saturated carbocycles. The van der Waals surface area contributed by atoms with Crippen molar-refractivity contribution in [2.75, 3.05) is 53.0 Å². The minimum Gasteiger partial charge on any atom is -0.485 e. The zero-order valence-corrected chi connectivity index (χ0v) is 21.0. The zero-order valence-electron chi connectivity index (χ0n) is 21.0. The van der Waals surface area contributed by atoms with Crippen LogP contribution in [-0.2, 0) is 9.53 Å². The summed E-state index contributed by atoms with van der Waals surface area (Å²) in [5, 5.41) is 0. The number of hydrogen-bond donors (Lipinski definition) is 0. The predicted molar refractivity (Wildman–Crippen MR) is 136 cm³/mol. The second-order valence-corrected chi connectivity index (χ2v) is 8.96. The molecule has 1 unspecified atom stereocenters. The number of benzene rings is 1. The van der Waals surface area contributed by atoms with Crippen molar-refractivity contribution in [3.63, 3.8) is 0 Å². The van der Waals surface area contributed by atoms with Gasteiger partial charge in [-0.05, 0) is 63.9 Å². The van der Waals surface area contributed by atoms with Gasteiger partial charge in [0.2, 0.25) is 5.91 Å². The van der Waals surface area contributed by atoms with Gasteiger partial charge in [-0.25, -0.2) is 0 Å². The van der Waals surface area contributed by atoms with E-state index in [2.05, 4.69) is 30.6 Å². The van der Waals surface area contributed by atoms with Gasteiger partial charge >= 0.3 is 0 Å². The fraction of sp³-hybridized carbons (Fsp3) is 0.536. The van der Waals surface area contributed by atoms with Crippen LogP contribution in [-0.4, -0.2) is 74.9 Å². The highest BCUT2D eigenvalue weighted by atomic mass is 16.6. The smallest absolute Gasteiger partial charge is 0.225 e. The van der Waals surface area contributed by atoms with E-state index < -0.39 is 0 Å². The number of para-hydroxylation sites is 2. The molecule has 3 rings (SSSR count). The maximum Gasteiger partial charge on any atom is 0.225 e. The van der Waals surface area contributed by atoms with Gasteiger partial charge in [0, 0.05) is 32.7 Å². The van der Waals surface area contributed by atoms with E-state index in [1.165, 1.54) is 5.57 Å². The molecule has 1 atom stereocenters. The third-order valence-corrected chi connectivity index (χ3v) is 6.61. The molecule has 2 aliphatic rings. The molecule has 0 spiro atoms. The Bertz CT molecular complexity index is 871. The normalized spacial score (nSPS) is 19.4. The Morgan fingerprint density at radius 2 is 1.97 bits per heavy atom. The number of rotatable bonds is 11. The highest BCUT2D eigenvalue weighted by Crippen LogP contribution is 2.32. The van der Waals surface area contributed by atoms with Gasteiger partial charge in [-0.3, -0.25) is 4.79 Å². The lowest BCUT2D eigenvalue weighted by molar-refractivity contribution is -0.136. The summed E-state index contributed by atoms with van der Waals surface area (Å²) in [5.41, 5.74) is 2.17. The topological polar surface area (TPSA) is 51.2 Å². The zero-order chi connectivity index (χ0) is 24.3. The Morgan fingerprint density at radius 1 is 1.24 bits per heavy atom. The van der Waals surface area contributed by atoms with Crippen LogP contribution in [0.4, 0.5) is 0 Å². The molecule has 0 aliphatic carbocycles. The van der Waals surface area contributed by atoms with Gasteiger partial charge in [0.15, 0.2) is 17.6 Å². The third kappa shape index (κ3) is 7.47. The second-order valence-electron chi connectivity index (χ2n) is 8.96. The van der Waals surface area contributed by atoms with E-state index in [1.807, 2.05) is 49.2 Å². The maximum absolute atomic E-state index is 12.7. The minimum atomic E-state index is -0.174. The molecule has 1 fully saturated rings. The summed E-state index contributed by atoms with van der Waals surface area (Å²) in [6, 6.07) is 7.73. The Labute approximate surface area is 204 Å². The van der Waals surface area contributed by atoms with Crippen molar-refractivity contribution < 1.29 is 19.0 Å². The predicted octanol–water partition coefficient (Wildman–Crippen LogP) is 4.48. The highest BCUT2D eigenvalue weighted by Gasteiger charge is 2.27. The van der Waals surface area contributed by atoms with Gasteiger partial charge in [-0.2, -0.15) is 0 Å². The first kappa shape index (κ1) is 26.0. The van der Waals surface area contributed by atoms with Crippen LogP contribution in [0.15, 0.2) is 60.2 Å². The number of nitrogens with zero attached hydrogens (tertiary/aromatic N) is 2. The van der Waals surface area contributed by atoms with Crippen molar-refractivity contribution in [2.24, 2.45) is 5.92 Å². The van der Waals surface area contributed by atoms with Crippen LogP contribution in [0.2, 0.25) is 0 Å². The van der Waals surface area contributed by atoms with E-state index >= 15 is 0 Å².